The highest BCUT2D eigenvalue weighted by atomic mass is 16.5. The Labute approximate surface area is 130 Å². The molecule has 0 radical (unpaired) electrons. The second-order valence-electron chi connectivity index (χ2n) is 5.68. The van der Waals surface area contributed by atoms with Gasteiger partial charge in [0.2, 0.25) is 5.91 Å². The molecule has 2 atom stereocenters. The fraction of sp³-hybridized carbons (Fsp3) is 0.529. The third-order valence-corrected chi connectivity index (χ3v) is 3.88. The molecule has 120 valence electrons. The Morgan fingerprint density at radius 1 is 1.27 bits per heavy atom. The van der Waals surface area contributed by atoms with Crippen LogP contribution in [0.2, 0.25) is 0 Å². The molecule has 1 aromatic rings. The zero-order chi connectivity index (χ0) is 15.8. The third kappa shape index (κ3) is 5.48. The first-order chi connectivity index (χ1) is 10.6. The Morgan fingerprint density at radius 2 is 2.05 bits per heavy atom. The Morgan fingerprint density at radius 3 is 2.68 bits per heavy atom. The molecule has 0 aliphatic carbocycles. The number of nitrogens with one attached hydrogen (secondary N) is 1. The first-order valence-corrected chi connectivity index (χ1v) is 7.83. The van der Waals surface area contributed by atoms with E-state index in [1.54, 1.807) is 0 Å². The average Bonchev–Trinajstić information content (AvgIpc) is 2.54. The number of carboxylic acid groups (broad SMARTS) is 1. The lowest BCUT2D eigenvalue weighted by Crippen LogP contribution is -2.42. The number of hydrogen-bond acceptors (Lipinski definition) is 3. The molecule has 1 unspecified atom stereocenters. The number of carbonyl (C=O) groups is 2. The van der Waals surface area contributed by atoms with Crippen LogP contribution in [0.5, 0.6) is 0 Å². The van der Waals surface area contributed by atoms with Gasteiger partial charge in [-0.15, -0.1) is 0 Å². The second kappa shape index (κ2) is 8.54. The quantitative estimate of drug-likeness (QED) is 0.809. The van der Waals surface area contributed by atoms with Gasteiger partial charge in [-0.1, -0.05) is 30.3 Å². The van der Waals surface area contributed by atoms with Crippen molar-refractivity contribution in [1.29, 1.82) is 0 Å². The van der Waals surface area contributed by atoms with Crippen molar-refractivity contribution in [3.8, 4) is 0 Å². The van der Waals surface area contributed by atoms with Gasteiger partial charge in [0.15, 0.2) is 0 Å². The summed E-state index contributed by atoms with van der Waals surface area (Å²) in [4.78, 5) is 23.3. The fourth-order valence-electron chi connectivity index (χ4n) is 2.64. The molecule has 1 aliphatic rings. The van der Waals surface area contributed by atoms with Crippen molar-refractivity contribution in [3.05, 3.63) is 35.9 Å². The molecule has 1 fully saturated rings. The van der Waals surface area contributed by atoms with E-state index in [-0.39, 0.29) is 12.0 Å². The third-order valence-electron chi connectivity index (χ3n) is 3.88. The van der Waals surface area contributed by atoms with Gasteiger partial charge in [0.05, 0.1) is 6.10 Å². The number of carboxylic acids is 1. The Balaban J connectivity index is 1.79. The summed E-state index contributed by atoms with van der Waals surface area (Å²) in [6, 6.07) is 8.42. The Hall–Kier alpha value is -1.88. The monoisotopic (exact) mass is 305 g/mol. The van der Waals surface area contributed by atoms with E-state index in [9.17, 15) is 14.7 Å². The molecule has 1 saturated heterocycles. The summed E-state index contributed by atoms with van der Waals surface area (Å²) in [7, 11) is 0. The number of ether oxygens (including phenoxy) is 1. The average molecular weight is 305 g/mol. The van der Waals surface area contributed by atoms with Gasteiger partial charge in [-0.25, -0.2) is 4.79 Å². The molecule has 0 saturated carbocycles. The van der Waals surface area contributed by atoms with Crippen LogP contribution < -0.4 is 5.32 Å². The first-order valence-electron chi connectivity index (χ1n) is 7.83. The van der Waals surface area contributed by atoms with Gasteiger partial charge in [-0.3, -0.25) is 4.79 Å². The normalized spacial score (nSPS) is 19.4. The minimum Gasteiger partial charge on any atom is -0.480 e. The van der Waals surface area contributed by atoms with Crippen LogP contribution in [-0.2, 0) is 20.7 Å². The molecule has 0 bridgehead atoms. The second-order valence-corrected chi connectivity index (χ2v) is 5.68. The molecule has 2 rings (SSSR count). The maximum atomic E-state index is 12.0. The SMILES string of the molecule is O=C(CCC1CCCCO1)N[C@H](Cc1ccccc1)C(=O)O. The number of rotatable bonds is 7. The standard InChI is InChI=1S/C17H23NO4/c19-16(10-9-14-8-4-5-11-22-14)18-15(17(20)21)12-13-6-2-1-3-7-13/h1-3,6-7,14-15H,4-5,8-12H2,(H,18,19)(H,20,21)/t14?,15-/m1/s1. The predicted octanol–water partition coefficient (Wildman–Crippen LogP) is 2.15. The zero-order valence-corrected chi connectivity index (χ0v) is 12.7. The smallest absolute Gasteiger partial charge is 0.326 e. The van der Waals surface area contributed by atoms with Crippen molar-refractivity contribution in [3.63, 3.8) is 0 Å². The van der Waals surface area contributed by atoms with Gasteiger partial charge < -0.3 is 15.2 Å². The van der Waals surface area contributed by atoms with Crippen molar-refractivity contribution in [2.75, 3.05) is 6.61 Å². The van der Waals surface area contributed by atoms with E-state index < -0.39 is 12.0 Å². The van der Waals surface area contributed by atoms with E-state index >= 15 is 0 Å². The summed E-state index contributed by atoms with van der Waals surface area (Å²) >= 11 is 0. The van der Waals surface area contributed by atoms with Gasteiger partial charge in [0.1, 0.15) is 6.04 Å². The largest absolute Gasteiger partial charge is 0.480 e. The fourth-order valence-corrected chi connectivity index (χ4v) is 2.64. The molecule has 1 aliphatic heterocycles. The molecule has 5 nitrogen and oxygen atoms in total. The van der Waals surface area contributed by atoms with E-state index in [1.165, 1.54) is 0 Å². The Bertz CT molecular complexity index is 483. The molecule has 1 aromatic carbocycles. The minimum atomic E-state index is -1.01. The molecular formula is C17H23NO4. The van der Waals surface area contributed by atoms with Crippen molar-refractivity contribution in [2.45, 2.75) is 50.7 Å². The lowest BCUT2D eigenvalue weighted by Gasteiger charge is -2.22. The van der Waals surface area contributed by atoms with Crippen LogP contribution in [-0.4, -0.2) is 35.7 Å². The topological polar surface area (TPSA) is 75.6 Å². The summed E-state index contributed by atoms with van der Waals surface area (Å²) in [5.41, 5.74) is 0.894. The summed E-state index contributed by atoms with van der Waals surface area (Å²) in [5, 5.41) is 11.9. The van der Waals surface area contributed by atoms with E-state index in [1.807, 2.05) is 30.3 Å². The molecule has 1 heterocycles. The van der Waals surface area contributed by atoms with E-state index in [4.69, 9.17) is 4.74 Å². The number of aliphatic carboxylic acids is 1. The lowest BCUT2D eigenvalue weighted by atomic mass is 10.0. The van der Waals surface area contributed by atoms with Gasteiger partial charge in [-0.2, -0.15) is 0 Å². The van der Waals surface area contributed by atoms with Crippen LogP contribution in [0.15, 0.2) is 30.3 Å². The summed E-state index contributed by atoms with van der Waals surface area (Å²) < 4.78 is 5.58. The lowest BCUT2D eigenvalue weighted by molar-refractivity contribution is -0.141. The summed E-state index contributed by atoms with van der Waals surface area (Å²) in [6.07, 6.45) is 4.60. The van der Waals surface area contributed by atoms with E-state index in [0.717, 1.165) is 31.4 Å². The molecule has 22 heavy (non-hydrogen) atoms. The zero-order valence-electron chi connectivity index (χ0n) is 12.7. The van der Waals surface area contributed by atoms with E-state index in [0.29, 0.717) is 19.3 Å². The molecule has 0 aromatic heterocycles. The number of amides is 1. The van der Waals surface area contributed by atoms with Crippen LogP contribution in [0.3, 0.4) is 0 Å². The van der Waals surface area contributed by atoms with Crippen LogP contribution in [0.25, 0.3) is 0 Å². The summed E-state index contributed by atoms with van der Waals surface area (Å²) in [5.74, 6) is -1.23. The summed E-state index contributed by atoms with van der Waals surface area (Å²) in [6.45, 7) is 0.762. The predicted molar refractivity (Wildman–Crippen MR) is 82.5 cm³/mol. The van der Waals surface area contributed by atoms with Gasteiger partial charge in [0, 0.05) is 19.4 Å². The molecule has 2 N–H and O–H groups in total. The molecular weight excluding hydrogens is 282 g/mol. The van der Waals surface area contributed by atoms with Crippen molar-refractivity contribution < 1.29 is 19.4 Å². The van der Waals surface area contributed by atoms with Crippen molar-refractivity contribution >= 4 is 11.9 Å². The van der Waals surface area contributed by atoms with Crippen LogP contribution in [0, 0.1) is 0 Å². The van der Waals surface area contributed by atoms with Gasteiger partial charge in [-0.05, 0) is 31.2 Å². The van der Waals surface area contributed by atoms with Crippen molar-refractivity contribution in [2.24, 2.45) is 0 Å². The highest BCUT2D eigenvalue weighted by molar-refractivity contribution is 5.83. The van der Waals surface area contributed by atoms with Crippen LogP contribution in [0.4, 0.5) is 0 Å². The maximum absolute atomic E-state index is 12.0. The minimum absolute atomic E-state index is 0.136. The number of carbonyl (C=O) groups excluding carboxylic acids is 1. The number of hydrogen-bond donors (Lipinski definition) is 2. The molecule has 1 amide bonds. The Kier molecular flexibility index (Phi) is 6.40. The number of benzene rings is 1. The van der Waals surface area contributed by atoms with Crippen molar-refractivity contribution in [1.82, 2.24) is 5.32 Å². The molecule has 5 heteroatoms. The van der Waals surface area contributed by atoms with Crippen LogP contribution >= 0.6 is 0 Å². The van der Waals surface area contributed by atoms with Gasteiger partial charge in [0.25, 0.3) is 0 Å². The van der Waals surface area contributed by atoms with Gasteiger partial charge >= 0.3 is 5.97 Å². The highest BCUT2D eigenvalue weighted by Gasteiger charge is 2.21. The highest BCUT2D eigenvalue weighted by Crippen LogP contribution is 2.16. The van der Waals surface area contributed by atoms with Crippen LogP contribution in [0.1, 0.15) is 37.7 Å². The van der Waals surface area contributed by atoms with E-state index in [2.05, 4.69) is 5.32 Å². The molecule has 0 spiro atoms. The first kappa shape index (κ1) is 16.5. The maximum Gasteiger partial charge on any atom is 0.326 e.